The Morgan fingerprint density at radius 2 is 2.20 bits per heavy atom. The molecule has 0 aromatic carbocycles. The molecule has 106 valence electrons. The second-order valence-electron chi connectivity index (χ2n) is 4.49. The molecular weight excluding hydrogens is 296 g/mol. The van der Waals surface area contributed by atoms with Crippen molar-refractivity contribution in [2.75, 3.05) is 13.1 Å². The predicted molar refractivity (Wildman–Crippen MR) is 76.3 cm³/mol. The van der Waals surface area contributed by atoms with E-state index in [1.165, 1.54) is 15.6 Å². The lowest BCUT2D eigenvalue weighted by molar-refractivity contribution is 0.207. The van der Waals surface area contributed by atoms with Gasteiger partial charge in [0.05, 0.1) is 6.54 Å². The van der Waals surface area contributed by atoms with Gasteiger partial charge in [0.25, 0.3) is 10.0 Å². The van der Waals surface area contributed by atoms with Gasteiger partial charge in [0.1, 0.15) is 10.3 Å². The van der Waals surface area contributed by atoms with E-state index in [9.17, 15) is 8.42 Å². The summed E-state index contributed by atoms with van der Waals surface area (Å²) in [5.74, 6) is 0.535. The van der Waals surface area contributed by atoms with E-state index in [1.807, 2.05) is 12.1 Å². The number of aromatic nitrogens is 1. The van der Waals surface area contributed by atoms with Crippen molar-refractivity contribution in [1.29, 1.82) is 0 Å². The van der Waals surface area contributed by atoms with Gasteiger partial charge < -0.3 is 4.74 Å². The highest BCUT2D eigenvalue weighted by Gasteiger charge is 2.34. The first-order valence-corrected chi connectivity index (χ1v) is 8.59. The topological polar surface area (TPSA) is 59.5 Å². The Morgan fingerprint density at radius 3 is 2.90 bits per heavy atom. The molecule has 1 unspecified atom stereocenters. The Labute approximate surface area is 121 Å². The molecule has 0 saturated carbocycles. The van der Waals surface area contributed by atoms with Gasteiger partial charge in [-0.25, -0.2) is 13.4 Å². The summed E-state index contributed by atoms with van der Waals surface area (Å²) in [6, 6.07) is 8.81. The van der Waals surface area contributed by atoms with E-state index in [4.69, 9.17) is 4.74 Å². The summed E-state index contributed by atoms with van der Waals surface area (Å²) >= 11 is 1.24. The number of hydrogen-bond acceptors (Lipinski definition) is 5. The van der Waals surface area contributed by atoms with Crippen molar-refractivity contribution in [3.8, 4) is 5.88 Å². The van der Waals surface area contributed by atoms with Crippen molar-refractivity contribution in [1.82, 2.24) is 9.29 Å². The van der Waals surface area contributed by atoms with Gasteiger partial charge in [-0.2, -0.15) is 4.31 Å². The maximum atomic E-state index is 12.4. The molecule has 0 aliphatic carbocycles. The maximum absolute atomic E-state index is 12.4. The third kappa shape index (κ3) is 2.70. The smallest absolute Gasteiger partial charge is 0.252 e. The zero-order chi connectivity index (χ0) is 14.0. The van der Waals surface area contributed by atoms with Crippen molar-refractivity contribution >= 4 is 21.4 Å². The van der Waals surface area contributed by atoms with Gasteiger partial charge in [-0.1, -0.05) is 12.1 Å². The number of rotatable bonds is 4. The molecule has 5 nitrogen and oxygen atoms in total. The number of ether oxygens (including phenoxy) is 1. The molecule has 2 aromatic heterocycles. The third-order valence-electron chi connectivity index (χ3n) is 3.12. The van der Waals surface area contributed by atoms with E-state index in [0.717, 1.165) is 0 Å². The summed E-state index contributed by atoms with van der Waals surface area (Å²) in [4.78, 5) is 4.09. The van der Waals surface area contributed by atoms with E-state index in [2.05, 4.69) is 4.98 Å². The molecule has 7 heteroatoms. The molecule has 2 aromatic rings. The third-order valence-corrected chi connectivity index (χ3v) is 6.36. The SMILES string of the molecule is O=S(=O)(c1cccs1)N1CCC(Oc2ccccn2)C1. The Bertz CT molecular complexity index is 656. The van der Waals surface area contributed by atoms with Crippen LogP contribution >= 0.6 is 11.3 Å². The van der Waals surface area contributed by atoms with Crippen LogP contribution in [-0.2, 0) is 10.0 Å². The minimum Gasteiger partial charge on any atom is -0.473 e. The standard InChI is InChI=1S/C13H14N2O3S2/c16-20(17,13-5-3-9-19-13)15-8-6-11(10-15)18-12-4-1-2-7-14-12/h1-5,7,9,11H,6,8,10H2. The van der Waals surface area contributed by atoms with Gasteiger partial charge in [0, 0.05) is 18.8 Å². The molecule has 0 spiro atoms. The number of hydrogen-bond donors (Lipinski definition) is 0. The first-order chi connectivity index (χ1) is 9.66. The van der Waals surface area contributed by atoms with Crippen LogP contribution in [0.15, 0.2) is 46.1 Å². The Balaban J connectivity index is 1.68. The van der Waals surface area contributed by atoms with Crippen molar-refractivity contribution < 1.29 is 13.2 Å². The van der Waals surface area contributed by atoms with E-state index >= 15 is 0 Å². The van der Waals surface area contributed by atoms with Crippen LogP contribution in [0.25, 0.3) is 0 Å². The minimum atomic E-state index is -3.37. The first-order valence-electron chi connectivity index (χ1n) is 6.27. The second kappa shape index (κ2) is 5.51. The highest BCUT2D eigenvalue weighted by atomic mass is 32.2. The predicted octanol–water partition coefficient (Wildman–Crippen LogP) is 1.99. The van der Waals surface area contributed by atoms with Crippen LogP contribution in [0.4, 0.5) is 0 Å². The lowest BCUT2D eigenvalue weighted by Gasteiger charge is -2.15. The first kappa shape index (κ1) is 13.5. The molecule has 0 radical (unpaired) electrons. The van der Waals surface area contributed by atoms with Crippen LogP contribution in [0.1, 0.15) is 6.42 Å². The minimum absolute atomic E-state index is 0.139. The van der Waals surface area contributed by atoms with Gasteiger partial charge in [-0.15, -0.1) is 11.3 Å². The lowest BCUT2D eigenvalue weighted by Crippen LogP contribution is -2.30. The molecule has 0 amide bonds. The monoisotopic (exact) mass is 310 g/mol. The fraction of sp³-hybridized carbons (Fsp3) is 0.308. The summed E-state index contributed by atoms with van der Waals surface area (Å²) in [6.07, 6.45) is 2.20. The summed E-state index contributed by atoms with van der Waals surface area (Å²) in [5.41, 5.74) is 0. The van der Waals surface area contributed by atoms with Gasteiger partial charge >= 0.3 is 0 Å². The molecule has 0 bridgehead atoms. The van der Waals surface area contributed by atoms with Crippen LogP contribution in [0, 0.1) is 0 Å². The quantitative estimate of drug-likeness (QED) is 0.866. The molecule has 20 heavy (non-hydrogen) atoms. The number of thiophene rings is 1. The Morgan fingerprint density at radius 1 is 1.30 bits per heavy atom. The Kier molecular flexibility index (Phi) is 3.73. The van der Waals surface area contributed by atoms with Crippen molar-refractivity contribution in [3.63, 3.8) is 0 Å². The van der Waals surface area contributed by atoms with Gasteiger partial charge in [0.2, 0.25) is 5.88 Å². The average Bonchev–Trinajstić information content (AvgIpc) is 3.11. The van der Waals surface area contributed by atoms with Crippen molar-refractivity contribution in [2.45, 2.75) is 16.7 Å². The zero-order valence-corrected chi connectivity index (χ0v) is 12.3. The van der Waals surface area contributed by atoms with Gasteiger partial charge in [0.15, 0.2) is 0 Å². The average molecular weight is 310 g/mol. The fourth-order valence-corrected chi connectivity index (χ4v) is 4.77. The molecule has 1 aliphatic rings. The second-order valence-corrected chi connectivity index (χ2v) is 7.60. The molecule has 3 heterocycles. The van der Waals surface area contributed by atoms with Gasteiger partial charge in [-0.05, 0) is 23.9 Å². The van der Waals surface area contributed by atoms with Gasteiger partial charge in [-0.3, -0.25) is 0 Å². The molecule has 1 aliphatic heterocycles. The maximum Gasteiger partial charge on any atom is 0.252 e. The van der Waals surface area contributed by atoms with Crippen LogP contribution < -0.4 is 4.74 Å². The lowest BCUT2D eigenvalue weighted by atomic mass is 10.3. The molecular formula is C13H14N2O3S2. The molecule has 3 rings (SSSR count). The van der Waals surface area contributed by atoms with Crippen LogP contribution in [0.3, 0.4) is 0 Å². The summed E-state index contributed by atoms with van der Waals surface area (Å²) in [6.45, 7) is 0.856. The highest BCUT2D eigenvalue weighted by Crippen LogP contribution is 2.25. The van der Waals surface area contributed by atoms with Crippen molar-refractivity contribution in [3.05, 3.63) is 41.9 Å². The van der Waals surface area contributed by atoms with Crippen LogP contribution in [0.2, 0.25) is 0 Å². The van der Waals surface area contributed by atoms with Crippen molar-refractivity contribution in [2.24, 2.45) is 0 Å². The van der Waals surface area contributed by atoms with Crippen LogP contribution in [0.5, 0.6) is 5.88 Å². The molecule has 1 atom stereocenters. The largest absolute Gasteiger partial charge is 0.473 e. The zero-order valence-electron chi connectivity index (χ0n) is 10.7. The van der Waals surface area contributed by atoms with E-state index < -0.39 is 10.0 Å². The highest BCUT2D eigenvalue weighted by molar-refractivity contribution is 7.91. The summed E-state index contributed by atoms with van der Waals surface area (Å²) < 4.78 is 32.3. The van der Waals surface area contributed by atoms with E-state index in [-0.39, 0.29) is 6.10 Å². The number of pyridine rings is 1. The number of nitrogens with zero attached hydrogens (tertiary/aromatic N) is 2. The Hall–Kier alpha value is -1.44. The fourth-order valence-electron chi connectivity index (χ4n) is 2.14. The van der Waals surface area contributed by atoms with E-state index in [0.29, 0.717) is 29.6 Å². The normalized spacial score (nSPS) is 20.1. The molecule has 1 saturated heterocycles. The van der Waals surface area contributed by atoms with Crippen LogP contribution in [-0.4, -0.2) is 36.9 Å². The summed E-state index contributed by atoms with van der Waals surface area (Å²) in [7, 11) is -3.37. The van der Waals surface area contributed by atoms with E-state index in [1.54, 1.807) is 29.8 Å². The number of sulfonamides is 1. The molecule has 1 fully saturated rings. The summed E-state index contributed by atoms with van der Waals surface area (Å²) in [5, 5.41) is 1.77. The molecule has 0 N–H and O–H groups in total.